The Hall–Kier alpha value is -2.05. The van der Waals surface area contributed by atoms with E-state index in [1.807, 2.05) is 0 Å². The molecule has 0 saturated carbocycles. The highest BCUT2D eigenvalue weighted by atomic mass is 35.5. The van der Waals surface area contributed by atoms with Crippen LogP contribution in [0.2, 0.25) is 5.02 Å². The average Bonchev–Trinajstić information content (AvgIpc) is 2.94. The number of halogens is 1. The predicted molar refractivity (Wildman–Crippen MR) is 80.4 cm³/mol. The molecule has 2 aromatic rings. The summed E-state index contributed by atoms with van der Waals surface area (Å²) in [6.07, 6.45) is 0. The van der Waals surface area contributed by atoms with Gasteiger partial charge in [0.2, 0.25) is 0 Å². The number of hydrogen-bond donors (Lipinski definition) is 2. The van der Waals surface area contributed by atoms with E-state index in [0.29, 0.717) is 36.3 Å². The second kappa shape index (κ2) is 5.62. The first-order valence-electron chi connectivity index (χ1n) is 6.76. The molecule has 0 radical (unpaired) electrons. The molecular formula is C15H15ClN2O4. The van der Waals surface area contributed by atoms with Crippen LogP contribution in [0, 0.1) is 5.41 Å². The van der Waals surface area contributed by atoms with Gasteiger partial charge in [0.15, 0.2) is 0 Å². The summed E-state index contributed by atoms with van der Waals surface area (Å²) in [5.74, 6) is -0.465. The van der Waals surface area contributed by atoms with Crippen molar-refractivity contribution in [3.8, 4) is 17.0 Å². The third-order valence-electron chi connectivity index (χ3n) is 3.51. The first kappa shape index (κ1) is 14.9. The molecule has 0 unspecified atom stereocenters. The van der Waals surface area contributed by atoms with E-state index >= 15 is 0 Å². The summed E-state index contributed by atoms with van der Waals surface area (Å²) in [7, 11) is 0. The smallest absolute Gasteiger partial charge is 0.353 e. The van der Waals surface area contributed by atoms with Crippen LogP contribution in [-0.4, -0.2) is 41.1 Å². The number of benzene rings is 1. The lowest BCUT2D eigenvalue weighted by Crippen LogP contribution is -2.44. The van der Waals surface area contributed by atoms with Crippen LogP contribution < -0.4 is 4.74 Å². The predicted octanol–water partition coefficient (Wildman–Crippen LogP) is 2.84. The molecule has 0 amide bonds. The van der Waals surface area contributed by atoms with E-state index in [1.54, 1.807) is 18.2 Å². The number of carboxylic acids is 1. The van der Waals surface area contributed by atoms with Crippen LogP contribution >= 0.6 is 11.6 Å². The lowest BCUT2D eigenvalue weighted by atomic mass is 9.90. The summed E-state index contributed by atoms with van der Waals surface area (Å²) in [5, 5.41) is 15.8. The fourth-order valence-corrected chi connectivity index (χ4v) is 2.38. The van der Waals surface area contributed by atoms with Crippen molar-refractivity contribution < 1.29 is 19.4 Å². The molecule has 1 aromatic heterocycles. The molecular weight excluding hydrogens is 308 g/mol. The Kier molecular flexibility index (Phi) is 3.80. The van der Waals surface area contributed by atoms with Gasteiger partial charge in [0.05, 0.1) is 30.5 Å². The van der Waals surface area contributed by atoms with E-state index in [1.165, 1.54) is 6.07 Å². The summed E-state index contributed by atoms with van der Waals surface area (Å²) >= 11 is 6.23. The van der Waals surface area contributed by atoms with Gasteiger partial charge in [-0.1, -0.05) is 18.5 Å². The molecule has 116 valence electrons. The molecule has 22 heavy (non-hydrogen) atoms. The molecule has 7 heteroatoms. The summed E-state index contributed by atoms with van der Waals surface area (Å²) in [6.45, 7) is 4.01. The van der Waals surface area contributed by atoms with E-state index in [4.69, 9.17) is 26.2 Å². The van der Waals surface area contributed by atoms with Crippen LogP contribution in [0.15, 0.2) is 24.3 Å². The number of nitrogens with zero attached hydrogens (tertiary/aromatic N) is 1. The Morgan fingerprint density at radius 3 is 2.82 bits per heavy atom. The molecule has 1 aliphatic heterocycles. The minimum atomic E-state index is -1.05. The van der Waals surface area contributed by atoms with Crippen LogP contribution in [0.5, 0.6) is 5.75 Å². The molecule has 2 N–H and O–H groups in total. The van der Waals surface area contributed by atoms with Crippen molar-refractivity contribution >= 4 is 17.6 Å². The normalized spacial score (nSPS) is 16.1. The van der Waals surface area contributed by atoms with Crippen molar-refractivity contribution in [1.29, 1.82) is 0 Å². The maximum atomic E-state index is 10.9. The highest BCUT2D eigenvalue weighted by molar-refractivity contribution is 6.32. The first-order valence-corrected chi connectivity index (χ1v) is 7.14. The van der Waals surface area contributed by atoms with Gasteiger partial charge in [-0.2, -0.15) is 5.10 Å². The number of carboxylic acid groups (broad SMARTS) is 1. The SMILES string of the molecule is CC1(COc2ccc(-c3cc(C(=O)O)[nH]n3)cc2Cl)COC1. The Morgan fingerprint density at radius 1 is 1.50 bits per heavy atom. The van der Waals surface area contributed by atoms with E-state index in [-0.39, 0.29) is 11.1 Å². The molecule has 1 saturated heterocycles. The number of rotatable bonds is 5. The molecule has 2 heterocycles. The van der Waals surface area contributed by atoms with Crippen LogP contribution in [0.4, 0.5) is 0 Å². The number of ether oxygens (including phenoxy) is 2. The van der Waals surface area contributed by atoms with E-state index in [0.717, 1.165) is 5.56 Å². The van der Waals surface area contributed by atoms with Gasteiger partial charge < -0.3 is 14.6 Å². The zero-order chi connectivity index (χ0) is 15.7. The van der Waals surface area contributed by atoms with Crippen LogP contribution in [0.25, 0.3) is 11.3 Å². The fraction of sp³-hybridized carbons (Fsp3) is 0.333. The molecule has 3 rings (SSSR count). The standard InChI is InChI=1S/C15H15ClN2O4/c1-15(6-21-7-15)8-22-13-3-2-9(4-10(13)16)11-5-12(14(19)20)18-17-11/h2-5H,6-8H2,1H3,(H,17,18)(H,19,20). The number of aromatic nitrogens is 2. The zero-order valence-electron chi connectivity index (χ0n) is 11.9. The highest BCUT2D eigenvalue weighted by Crippen LogP contribution is 2.33. The van der Waals surface area contributed by atoms with Gasteiger partial charge in [-0.3, -0.25) is 5.10 Å². The third kappa shape index (κ3) is 2.93. The van der Waals surface area contributed by atoms with Crippen LogP contribution in [-0.2, 0) is 4.74 Å². The molecule has 0 spiro atoms. The van der Waals surface area contributed by atoms with Crippen LogP contribution in [0.3, 0.4) is 0 Å². The van der Waals surface area contributed by atoms with E-state index in [9.17, 15) is 4.79 Å². The second-order valence-electron chi connectivity index (χ2n) is 5.71. The Morgan fingerprint density at radius 2 is 2.27 bits per heavy atom. The van der Waals surface area contributed by atoms with Gasteiger partial charge in [0.1, 0.15) is 11.4 Å². The largest absolute Gasteiger partial charge is 0.491 e. The lowest BCUT2D eigenvalue weighted by molar-refractivity contribution is -0.120. The minimum Gasteiger partial charge on any atom is -0.491 e. The Labute approximate surface area is 132 Å². The summed E-state index contributed by atoms with van der Waals surface area (Å²) < 4.78 is 10.9. The second-order valence-corrected chi connectivity index (χ2v) is 6.12. The fourth-order valence-electron chi connectivity index (χ4n) is 2.14. The van der Waals surface area contributed by atoms with Gasteiger partial charge in [-0.15, -0.1) is 0 Å². The van der Waals surface area contributed by atoms with Crippen molar-refractivity contribution in [2.75, 3.05) is 19.8 Å². The van der Waals surface area contributed by atoms with Gasteiger partial charge >= 0.3 is 5.97 Å². The van der Waals surface area contributed by atoms with Crippen molar-refractivity contribution in [2.45, 2.75) is 6.92 Å². The quantitative estimate of drug-likeness (QED) is 0.884. The maximum absolute atomic E-state index is 10.9. The molecule has 1 fully saturated rings. The monoisotopic (exact) mass is 322 g/mol. The van der Waals surface area contributed by atoms with Gasteiger partial charge in [-0.05, 0) is 24.3 Å². The summed E-state index contributed by atoms with van der Waals surface area (Å²) in [6, 6.07) is 6.72. The lowest BCUT2D eigenvalue weighted by Gasteiger charge is -2.37. The number of hydrogen-bond acceptors (Lipinski definition) is 4. The number of carbonyl (C=O) groups is 1. The average molecular weight is 323 g/mol. The van der Waals surface area contributed by atoms with Crippen molar-refractivity contribution in [1.82, 2.24) is 10.2 Å². The molecule has 6 nitrogen and oxygen atoms in total. The van der Waals surface area contributed by atoms with Crippen molar-refractivity contribution in [3.63, 3.8) is 0 Å². The maximum Gasteiger partial charge on any atom is 0.353 e. The van der Waals surface area contributed by atoms with Crippen LogP contribution in [0.1, 0.15) is 17.4 Å². The minimum absolute atomic E-state index is 0.0318. The molecule has 0 bridgehead atoms. The Balaban J connectivity index is 1.74. The van der Waals surface area contributed by atoms with Gasteiger partial charge in [-0.25, -0.2) is 4.79 Å². The number of aromatic amines is 1. The third-order valence-corrected chi connectivity index (χ3v) is 3.81. The zero-order valence-corrected chi connectivity index (χ0v) is 12.7. The van der Waals surface area contributed by atoms with E-state index < -0.39 is 5.97 Å². The van der Waals surface area contributed by atoms with Crippen molar-refractivity contribution in [3.05, 3.63) is 35.0 Å². The summed E-state index contributed by atoms with van der Waals surface area (Å²) in [4.78, 5) is 10.9. The number of aromatic carboxylic acids is 1. The number of H-pyrrole nitrogens is 1. The molecule has 0 atom stereocenters. The Bertz CT molecular complexity index is 709. The highest BCUT2D eigenvalue weighted by Gasteiger charge is 2.34. The molecule has 0 aliphatic carbocycles. The van der Waals surface area contributed by atoms with Gasteiger partial charge in [0.25, 0.3) is 0 Å². The number of nitrogens with one attached hydrogen (secondary N) is 1. The van der Waals surface area contributed by atoms with Crippen molar-refractivity contribution in [2.24, 2.45) is 5.41 Å². The summed E-state index contributed by atoms with van der Waals surface area (Å²) in [5.41, 5.74) is 1.31. The van der Waals surface area contributed by atoms with E-state index in [2.05, 4.69) is 17.1 Å². The first-order chi connectivity index (χ1) is 10.5. The topological polar surface area (TPSA) is 84.4 Å². The molecule has 1 aliphatic rings. The molecule has 1 aromatic carbocycles. The van der Waals surface area contributed by atoms with Gasteiger partial charge in [0, 0.05) is 11.0 Å².